The van der Waals surface area contributed by atoms with Crippen molar-refractivity contribution in [2.45, 2.75) is 32.9 Å². The van der Waals surface area contributed by atoms with Gasteiger partial charge in [-0.15, -0.1) is 0 Å². The largest absolute Gasteiger partial charge is 0.497 e. The van der Waals surface area contributed by atoms with E-state index >= 15 is 0 Å². The number of benzene rings is 1. The molecular weight excluding hydrogens is 369 g/mol. The van der Waals surface area contributed by atoms with Crippen LogP contribution in [0.15, 0.2) is 35.1 Å². The van der Waals surface area contributed by atoms with E-state index in [9.17, 15) is 23.9 Å². The zero-order valence-corrected chi connectivity index (χ0v) is 15.8. The third kappa shape index (κ3) is 5.38. The van der Waals surface area contributed by atoms with Crippen molar-refractivity contribution in [1.82, 2.24) is 15.1 Å². The number of carbonyl (C=O) groups is 2. The molecule has 0 radical (unpaired) electrons. The van der Waals surface area contributed by atoms with Crippen LogP contribution in [0.4, 0.5) is 4.39 Å². The number of carboxylic acids is 1. The van der Waals surface area contributed by atoms with Gasteiger partial charge in [0.2, 0.25) is 5.91 Å². The average molecular weight is 391 g/mol. The van der Waals surface area contributed by atoms with E-state index in [0.29, 0.717) is 5.75 Å². The van der Waals surface area contributed by atoms with E-state index in [2.05, 4.69) is 10.4 Å². The van der Waals surface area contributed by atoms with E-state index < -0.39 is 35.8 Å². The normalized spacial score (nSPS) is 11.9. The third-order valence-corrected chi connectivity index (χ3v) is 3.95. The highest BCUT2D eigenvalue weighted by molar-refractivity contribution is 5.83. The molecule has 1 aromatic heterocycles. The average Bonchev–Trinajstić information content (AvgIpc) is 2.62. The van der Waals surface area contributed by atoms with Gasteiger partial charge in [-0.2, -0.15) is 5.10 Å². The summed E-state index contributed by atoms with van der Waals surface area (Å²) >= 11 is 0. The molecule has 2 N–H and O–H groups in total. The first-order chi connectivity index (χ1) is 13.2. The smallest absolute Gasteiger partial charge is 0.326 e. The highest BCUT2D eigenvalue weighted by Crippen LogP contribution is 2.23. The minimum Gasteiger partial charge on any atom is -0.497 e. The number of nitrogens with zero attached hydrogens (tertiary/aromatic N) is 2. The Labute approximate surface area is 160 Å². The summed E-state index contributed by atoms with van der Waals surface area (Å²) in [6.45, 7) is 3.19. The molecule has 0 saturated heterocycles. The van der Waals surface area contributed by atoms with Crippen molar-refractivity contribution in [3.8, 4) is 17.0 Å². The Balaban J connectivity index is 2.23. The molecule has 150 valence electrons. The summed E-state index contributed by atoms with van der Waals surface area (Å²) in [4.78, 5) is 35.5. The number of amides is 1. The van der Waals surface area contributed by atoms with E-state index in [0.717, 1.165) is 4.68 Å². The summed E-state index contributed by atoms with van der Waals surface area (Å²) in [6, 6.07) is 5.64. The monoisotopic (exact) mass is 391 g/mol. The predicted molar refractivity (Wildman–Crippen MR) is 99.5 cm³/mol. The molecule has 0 saturated carbocycles. The second kappa shape index (κ2) is 9.12. The molecule has 0 aliphatic rings. The fourth-order valence-corrected chi connectivity index (χ4v) is 2.61. The van der Waals surface area contributed by atoms with Gasteiger partial charge in [0.1, 0.15) is 24.2 Å². The van der Waals surface area contributed by atoms with Gasteiger partial charge in [0.15, 0.2) is 0 Å². The Morgan fingerprint density at radius 1 is 1.29 bits per heavy atom. The molecule has 2 rings (SSSR count). The number of hydrogen-bond acceptors (Lipinski definition) is 5. The van der Waals surface area contributed by atoms with Crippen LogP contribution in [0.5, 0.6) is 5.75 Å². The molecule has 9 heteroatoms. The van der Waals surface area contributed by atoms with Gasteiger partial charge < -0.3 is 15.2 Å². The minimum atomic E-state index is -1.16. The van der Waals surface area contributed by atoms with Crippen molar-refractivity contribution in [3.63, 3.8) is 0 Å². The Morgan fingerprint density at radius 2 is 2.00 bits per heavy atom. The summed E-state index contributed by atoms with van der Waals surface area (Å²) in [6.07, 6.45) is 0.250. The summed E-state index contributed by atoms with van der Waals surface area (Å²) in [5, 5.41) is 15.6. The van der Waals surface area contributed by atoms with E-state index in [1.807, 2.05) is 13.8 Å². The molecule has 28 heavy (non-hydrogen) atoms. The summed E-state index contributed by atoms with van der Waals surface area (Å²) in [5.74, 6) is -2.03. The summed E-state index contributed by atoms with van der Waals surface area (Å²) in [5.41, 5.74) is -0.272. The van der Waals surface area contributed by atoms with Crippen LogP contribution in [0.2, 0.25) is 0 Å². The third-order valence-electron chi connectivity index (χ3n) is 3.95. The van der Waals surface area contributed by atoms with Gasteiger partial charge in [0, 0.05) is 17.7 Å². The lowest BCUT2D eigenvalue weighted by atomic mass is 10.0. The van der Waals surface area contributed by atoms with Crippen LogP contribution in [0.25, 0.3) is 11.3 Å². The summed E-state index contributed by atoms with van der Waals surface area (Å²) < 4.78 is 20.1. The number of nitrogens with one attached hydrogen (secondary N) is 1. The number of aliphatic carboxylic acids is 1. The number of halogens is 1. The van der Waals surface area contributed by atoms with Gasteiger partial charge in [0.25, 0.3) is 5.56 Å². The maximum Gasteiger partial charge on any atom is 0.326 e. The van der Waals surface area contributed by atoms with Crippen LogP contribution < -0.4 is 15.6 Å². The summed E-state index contributed by atoms with van der Waals surface area (Å²) in [7, 11) is 1.41. The van der Waals surface area contributed by atoms with Crippen LogP contribution in [0.3, 0.4) is 0 Å². The fraction of sp³-hybridized carbons (Fsp3) is 0.368. The zero-order chi connectivity index (χ0) is 20.8. The molecule has 0 aliphatic carbocycles. The number of rotatable bonds is 8. The van der Waals surface area contributed by atoms with Gasteiger partial charge in [-0.1, -0.05) is 13.8 Å². The van der Waals surface area contributed by atoms with Crippen LogP contribution in [0.1, 0.15) is 20.3 Å². The lowest BCUT2D eigenvalue weighted by Crippen LogP contribution is -2.44. The molecule has 1 amide bonds. The van der Waals surface area contributed by atoms with Gasteiger partial charge >= 0.3 is 5.97 Å². The van der Waals surface area contributed by atoms with E-state index in [1.165, 1.54) is 31.4 Å². The maximum atomic E-state index is 14.2. The van der Waals surface area contributed by atoms with Crippen molar-refractivity contribution in [3.05, 3.63) is 46.5 Å². The van der Waals surface area contributed by atoms with Crippen molar-refractivity contribution in [2.75, 3.05) is 7.11 Å². The Bertz CT molecular complexity index is 926. The lowest BCUT2D eigenvalue weighted by molar-refractivity contribution is -0.142. The van der Waals surface area contributed by atoms with Gasteiger partial charge in [-0.3, -0.25) is 9.59 Å². The van der Waals surface area contributed by atoms with Crippen molar-refractivity contribution in [2.24, 2.45) is 5.92 Å². The van der Waals surface area contributed by atoms with Crippen molar-refractivity contribution in [1.29, 1.82) is 0 Å². The van der Waals surface area contributed by atoms with E-state index in [1.54, 1.807) is 6.07 Å². The van der Waals surface area contributed by atoms with Crippen LogP contribution in [0, 0.1) is 11.7 Å². The molecule has 8 nitrogen and oxygen atoms in total. The topological polar surface area (TPSA) is 111 Å². The highest BCUT2D eigenvalue weighted by Gasteiger charge is 2.21. The number of aromatic nitrogens is 2. The Morgan fingerprint density at radius 3 is 2.57 bits per heavy atom. The number of methoxy groups -OCH3 is 1. The highest BCUT2D eigenvalue weighted by atomic mass is 19.1. The number of carbonyl (C=O) groups excluding carboxylic acids is 1. The molecular formula is C19H22FN3O5. The molecule has 0 fully saturated rings. The molecule has 1 aromatic carbocycles. The molecule has 0 unspecified atom stereocenters. The molecule has 2 aromatic rings. The molecule has 1 atom stereocenters. The number of ether oxygens (including phenoxy) is 1. The second-order valence-corrected chi connectivity index (χ2v) is 6.65. The molecule has 0 bridgehead atoms. The van der Waals surface area contributed by atoms with Gasteiger partial charge in [-0.05, 0) is 30.5 Å². The van der Waals surface area contributed by atoms with Crippen LogP contribution in [-0.2, 0) is 16.1 Å². The first kappa shape index (κ1) is 21.1. The van der Waals surface area contributed by atoms with Crippen molar-refractivity contribution >= 4 is 11.9 Å². The zero-order valence-electron chi connectivity index (χ0n) is 15.8. The quantitative estimate of drug-likeness (QED) is 0.708. The van der Waals surface area contributed by atoms with E-state index in [-0.39, 0.29) is 23.6 Å². The number of hydrogen-bond donors (Lipinski definition) is 2. The van der Waals surface area contributed by atoms with Gasteiger partial charge in [-0.25, -0.2) is 13.9 Å². The SMILES string of the molecule is COc1ccc(-c2ccc(=O)n(CC(=O)N[C@@H](CC(C)C)C(=O)O)n2)c(F)c1. The Hall–Kier alpha value is -3.23. The van der Waals surface area contributed by atoms with Gasteiger partial charge in [0.05, 0.1) is 12.8 Å². The predicted octanol–water partition coefficient (Wildman–Crippen LogP) is 1.67. The Kier molecular flexibility index (Phi) is 6.86. The van der Waals surface area contributed by atoms with E-state index in [4.69, 9.17) is 4.74 Å². The molecule has 0 spiro atoms. The first-order valence-corrected chi connectivity index (χ1v) is 8.65. The first-order valence-electron chi connectivity index (χ1n) is 8.65. The number of carboxylic acid groups (broad SMARTS) is 1. The minimum absolute atomic E-state index is 0.0589. The van der Waals surface area contributed by atoms with Crippen molar-refractivity contribution < 1.29 is 23.8 Å². The van der Waals surface area contributed by atoms with Crippen LogP contribution >= 0.6 is 0 Å². The van der Waals surface area contributed by atoms with Crippen LogP contribution in [-0.4, -0.2) is 39.9 Å². The maximum absolute atomic E-state index is 14.2. The molecule has 0 aliphatic heterocycles. The lowest BCUT2D eigenvalue weighted by Gasteiger charge is -2.16. The fourth-order valence-electron chi connectivity index (χ4n) is 2.61. The standard InChI is InChI=1S/C19H22FN3O5/c1-11(2)8-16(19(26)27)21-17(24)10-23-18(25)7-6-15(22-23)13-5-4-12(28-3)9-14(13)20/h4-7,9,11,16H,8,10H2,1-3H3,(H,21,24)(H,26,27)/t16-/m0/s1. The molecule has 1 heterocycles. The second-order valence-electron chi connectivity index (χ2n) is 6.65.